The molecule has 0 bridgehead atoms. The molecule has 86 valence electrons. The Labute approximate surface area is 95.6 Å². The molecule has 0 aliphatic carbocycles. The Morgan fingerprint density at radius 1 is 1.53 bits per heavy atom. The summed E-state index contributed by atoms with van der Waals surface area (Å²) < 4.78 is 0. The number of hydrogen-bond acceptors (Lipinski definition) is 4. The molecule has 0 radical (unpaired) electrons. The van der Waals surface area contributed by atoms with Crippen LogP contribution in [0.1, 0.15) is 39.4 Å². The van der Waals surface area contributed by atoms with Crippen LogP contribution in [0.2, 0.25) is 0 Å². The van der Waals surface area contributed by atoms with E-state index in [1.807, 2.05) is 31.7 Å². The van der Waals surface area contributed by atoms with Crippen molar-refractivity contribution in [1.29, 1.82) is 0 Å². The standard InChI is InChI=1S/C11H20N2OS/c1-8(9-6-15-7-13-9)12-5-10(14)11(2,3)4/h6-8,10,12,14H,5H2,1-4H3. The number of hydrogen-bond donors (Lipinski definition) is 2. The first-order valence-corrected chi connectivity index (χ1v) is 6.15. The van der Waals surface area contributed by atoms with Crippen LogP contribution in [-0.4, -0.2) is 22.7 Å². The molecule has 0 aromatic carbocycles. The van der Waals surface area contributed by atoms with Gasteiger partial charge in [-0.05, 0) is 12.3 Å². The van der Waals surface area contributed by atoms with Crippen LogP contribution in [0.3, 0.4) is 0 Å². The third-order valence-electron chi connectivity index (χ3n) is 2.51. The van der Waals surface area contributed by atoms with E-state index in [1.165, 1.54) is 0 Å². The number of aliphatic hydroxyl groups is 1. The first-order valence-electron chi connectivity index (χ1n) is 5.21. The van der Waals surface area contributed by atoms with E-state index < -0.39 is 0 Å². The quantitative estimate of drug-likeness (QED) is 0.830. The lowest BCUT2D eigenvalue weighted by molar-refractivity contribution is 0.0608. The summed E-state index contributed by atoms with van der Waals surface area (Å²) in [6.07, 6.45) is -0.335. The van der Waals surface area contributed by atoms with E-state index in [0.717, 1.165) is 5.69 Å². The SMILES string of the molecule is CC(NCC(O)C(C)(C)C)c1cscn1. The van der Waals surface area contributed by atoms with E-state index in [0.29, 0.717) is 6.54 Å². The zero-order valence-corrected chi connectivity index (χ0v) is 10.6. The summed E-state index contributed by atoms with van der Waals surface area (Å²) in [6.45, 7) is 8.76. The maximum Gasteiger partial charge on any atom is 0.0795 e. The Balaban J connectivity index is 2.38. The normalized spacial score (nSPS) is 16.3. The molecule has 1 rings (SSSR count). The fourth-order valence-corrected chi connectivity index (χ4v) is 1.78. The second-order valence-corrected chi connectivity index (χ2v) is 5.64. The third-order valence-corrected chi connectivity index (χ3v) is 3.12. The van der Waals surface area contributed by atoms with Crippen molar-refractivity contribution in [1.82, 2.24) is 10.3 Å². The fraction of sp³-hybridized carbons (Fsp3) is 0.727. The lowest BCUT2D eigenvalue weighted by Gasteiger charge is -2.27. The lowest BCUT2D eigenvalue weighted by atomic mass is 9.89. The van der Waals surface area contributed by atoms with Crippen molar-refractivity contribution in [3.63, 3.8) is 0 Å². The number of nitrogens with one attached hydrogen (secondary N) is 1. The summed E-state index contributed by atoms with van der Waals surface area (Å²) in [5.41, 5.74) is 2.80. The van der Waals surface area contributed by atoms with Gasteiger partial charge in [0, 0.05) is 18.0 Å². The van der Waals surface area contributed by atoms with Gasteiger partial charge in [-0.3, -0.25) is 0 Å². The first-order chi connectivity index (χ1) is 6.91. The summed E-state index contributed by atoms with van der Waals surface area (Å²) in [7, 11) is 0. The van der Waals surface area contributed by atoms with Gasteiger partial charge in [-0.2, -0.15) is 0 Å². The molecule has 3 nitrogen and oxygen atoms in total. The van der Waals surface area contributed by atoms with Gasteiger partial charge in [0.05, 0.1) is 17.3 Å². The summed E-state index contributed by atoms with van der Waals surface area (Å²) in [6, 6.07) is 0.202. The largest absolute Gasteiger partial charge is 0.391 e. The molecule has 0 amide bonds. The molecule has 0 spiro atoms. The van der Waals surface area contributed by atoms with Crippen LogP contribution in [0.4, 0.5) is 0 Å². The van der Waals surface area contributed by atoms with Gasteiger partial charge < -0.3 is 10.4 Å². The van der Waals surface area contributed by atoms with E-state index in [2.05, 4.69) is 17.2 Å². The molecule has 0 saturated heterocycles. The smallest absolute Gasteiger partial charge is 0.0795 e. The van der Waals surface area contributed by atoms with E-state index in [9.17, 15) is 5.11 Å². The highest BCUT2D eigenvalue weighted by Gasteiger charge is 2.22. The molecule has 0 aliphatic rings. The maximum atomic E-state index is 9.85. The average molecular weight is 228 g/mol. The maximum absolute atomic E-state index is 9.85. The van der Waals surface area contributed by atoms with E-state index in [1.54, 1.807) is 11.3 Å². The molecule has 1 heterocycles. The van der Waals surface area contributed by atoms with E-state index in [4.69, 9.17) is 0 Å². The summed E-state index contributed by atoms with van der Waals surface area (Å²) in [4.78, 5) is 4.23. The number of rotatable bonds is 4. The van der Waals surface area contributed by atoms with Gasteiger partial charge in [0.2, 0.25) is 0 Å². The Morgan fingerprint density at radius 3 is 2.67 bits per heavy atom. The van der Waals surface area contributed by atoms with Crippen molar-refractivity contribution in [3.05, 3.63) is 16.6 Å². The van der Waals surface area contributed by atoms with Crippen LogP contribution < -0.4 is 5.32 Å². The molecule has 15 heavy (non-hydrogen) atoms. The Bertz CT molecular complexity index is 279. The van der Waals surface area contributed by atoms with Gasteiger partial charge in [0.15, 0.2) is 0 Å². The molecule has 1 aromatic heterocycles. The first kappa shape index (κ1) is 12.6. The lowest BCUT2D eigenvalue weighted by Crippen LogP contribution is -2.37. The highest BCUT2D eigenvalue weighted by Crippen LogP contribution is 2.19. The van der Waals surface area contributed by atoms with E-state index in [-0.39, 0.29) is 17.6 Å². The van der Waals surface area contributed by atoms with Gasteiger partial charge in [0.1, 0.15) is 0 Å². The Kier molecular flexibility index (Phi) is 4.25. The predicted molar refractivity (Wildman–Crippen MR) is 64.0 cm³/mol. The van der Waals surface area contributed by atoms with Crippen molar-refractivity contribution in [3.8, 4) is 0 Å². The molecule has 2 atom stereocenters. The zero-order chi connectivity index (χ0) is 11.5. The van der Waals surface area contributed by atoms with Gasteiger partial charge in [-0.15, -0.1) is 11.3 Å². The molecule has 4 heteroatoms. The van der Waals surface area contributed by atoms with Crippen molar-refractivity contribution in [2.45, 2.75) is 39.8 Å². The number of aromatic nitrogens is 1. The second-order valence-electron chi connectivity index (χ2n) is 4.93. The summed E-state index contributed by atoms with van der Waals surface area (Å²) in [5.74, 6) is 0. The van der Waals surface area contributed by atoms with Crippen LogP contribution in [0, 0.1) is 5.41 Å². The molecule has 2 unspecified atom stereocenters. The molecule has 0 fully saturated rings. The Hall–Kier alpha value is -0.450. The summed E-state index contributed by atoms with van der Waals surface area (Å²) >= 11 is 1.59. The van der Waals surface area contributed by atoms with Crippen LogP contribution in [0.25, 0.3) is 0 Å². The van der Waals surface area contributed by atoms with E-state index >= 15 is 0 Å². The minimum atomic E-state index is -0.335. The number of aliphatic hydroxyl groups excluding tert-OH is 1. The van der Waals surface area contributed by atoms with Crippen LogP contribution in [0.15, 0.2) is 10.9 Å². The zero-order valence-electron chi connectivity index (χ0n) is 9.82. The molecule has 1 aromatic rings. The minimum Gasteiger partial charge on any atom is -0.391 e. The van der Waals surface area contributed by atoms with Gasteiger partial charge in [-0.1, -0.05) is 20.8 Å². The average Bonchev–Trinajstić information content (AvgIpc) is 2.64. The van der Waals surface area contributed by atoms with Crippen LogP contribution in [0.5, 0.6) is 0 Å². The van der Waals surface area contributed by atoms with Crippen molar-refractivity contribution in [2.75, 3.05) is 6.54 Å². The number of nitrogens with zero attached hydrogens (tertiary/aromatic N) is 1. The van der Waals surface area contributed by atoms with Crippen molar-refractivity contribution >= 4 is 11.3 Å². The summed E-state index contributed by atoms with van der Waals surface area (Å²) in [5, 5.41) is 15.2. The topological polar surface area (TPSA) is 45.1 Å². The monoisotopic (exact) mass is 228 g/mol. The number of thiazole rings is 1. The second kappa shape index (κ2) is 5.05. The van der Waals surface area contributed by atoms with Gasteiger partial charge in [-0.25, -0.2) is 4.98 Å². The third kappa shape index (κ3) is 3.89. The highest BCUT2D eigenvalue weighted by molar-refractivity contribution is 7.07. The molecular weight excluding hydrogens is 208 g/mol. The minimum absolute atomic E-state index is 0.0746. The molecular formula is C11H20N2OS. The van der Waals surface area contributed by atoms with Crippen LogP contribution >= 0.6 is 11.3 Å². The predicted octanol–water partition coefficient (Wildman–Crippen LogP) is 2.20. The van der Waals surface area contributed by atoms with Crippen molar-refractivity contribution < 1.29 is 5.11 Å². The van der Waals surface area contributed by atoms with Gasteiger partial charge >= 0.3 is 0 Å². The fourth-order valence-electron chi connectivity index (χ4n) is 1.13. The molecule has 0 saturated carbocycles. The highest BCUT2D eigenvalue weighted by atomic mass is 32.1. The van der Waals surface area contributed by atoms with Gasteiger partial charge in [0.25, 0.3) is 0 Å². The Morgan fingerprint density at radius 2 is 2.20 bits per heavy atom. The molecule has 2 N–H and O–H groups in total. The van der Waals surface area contributed by atoms with Crippen molar-refractivity contribution in [2.24, 2.45) is 5.41 Å². The van der Waals surface area contributed by atoms with Crippen LogP contribution in [-0.2, 0) is 0 Å². The molecule has 0 aliphatic heterocycles.